The zero-order valence-electron chi connectivity index (χ0n) is 15.7. The first-order valence-corrected chi connectivity index (χ1v) is 9.45. The molecule has 2 heterocycles. The number of likely N-dealkylation sites (tertiary alicyclic amines) is 1. The van der Waals surface area contributed by atoms with Gasteiger partial charge in [-0.25, -0.2) is 0 Å². The number of nitrogens with one attached hydrogen (secondary N) is 1. The van der Waals surface area contributed by atoms with Crippen LogP contribution in [0.3, 0.4) is 0 Å². The summed E-state index contributed by atoms with van der Waals surface area (Å²) in [5.74, 6) is 0.0515. The minimum atomic E-state index is -0.919. The lowest BCUT2D eigenvalue weighted by atomic mass is 9.85. The number of ketones is 1. The molecule has 2 N–H and O–H groups in total. The normalized spacial score (nSPS) is 18.1. The number of carbonyl (C=O) groups excluding carboxylic acids is 2. The van der Waals surface area contributed by atoms with Gasteiger partial charge in [-0.05, 0) is 30.0 Å². The van der Waals surface area contributed by atoms with Crippen LogP contribution in [-0.4, -0.2) is 40.4 Å². The molecule has 0 radical (unpaired) electrons. The first kappa shape index (κ1) is 20.5. The molecule has 0 aliphatic carbocycles. The lowest BCUT2D eigenvalue weighted by Crippen LogP contribution is -2.45. The summed E-state index contributed by atoms with van der Waals surface area (Å²) in [6, 6.07) is 15.3. The topological polar surface area (TPSA) is 69.6 Å². The van der Waals surface area contributed by atoms with Gasteiger partial charge in [0, 0.05) is 37.3 Å². The van der Waals surface area contributed by atoms with Gasteiger partial charge < -0.3 is 10.4 Å². The van der Waals surface area contributed by atoms with E-state index in [4.69, 9.17) is 0 Å². The van der Waals surface area contributed by atoms with E-state index in [0.717, 1.165) is 30.9 Å². The number of fused-ring (bicyclic) bond motifs is 1. The molecule has 148 valence electrons. The molecular weight excluding hydrogens is 376 g/mol. The molecule has 2 aromatic rings. The average Bonchev–Trinajstić information content (AvgIpc) is 3.04. The predicted octanol–water partition coefficient (Wildman–Crippen LogP) is 3.20. The molecule has 0 unspecified atom stereocenters. The van der Waals surface area contributed by atoms with E-state index in [1.54, 1.807) is 12.1 Å². The Morgan fingerprint density at radius 3 is 2.54 bits per heavy atom. The number of hydrogen-bond donors (Lipinski definition) is 2. The highest BCUT2D eigenvalue weighted by molar-refractivity contribution is 5.99. The minimum Gasteiger partial charge on any atom is -0.389 e. The zero-order chi connectivity index (χ0) is 18.9. The Balaban J connectivity index is 0.00000225. The molecule has 2 aliphatic heterocycles. The van der Waals surface area contributed by atoms with Crippen LogP contribution < -0.4 is 5.32 Å². The van der Waals surface area contributed by atoms with Gasteiger partial charge in [-0.2, -0.15) is 0 Å². The molecule has 28 heavy (non-hydrogen) atoms. The van der Waals surface area contributed by atoms with Gasteiger partial charge in [-0.15, -0.1) is 12.4 Å². The molecule has 4 rings (SSSR count). The van der Waals surface area contributed by atoms with Crippen molar-refractivity contribution in [3.63, 3.8) is 0 Å². The van der Waals surface area contributed by atoms with Crippen molar-refractivity contribution in [2.75, 3.05) is 18.4 Å². The monoisotopic (exact) mass is 400 g/mol. The van der Waals surface area contributed by atoms with E-state index >= 15 is 0 Å². The fourth-order valence-electron chi connectivity index (χ4n) is 3.97. The smallest absolute Gasteiger partial charge is 0.228 e. The molecule has 5 nitrogen and oxygen atoms in total. The Labute approximate surface area is 171 Å². The highest BCUT2D eigenvalue weighted by Gasteiger charge is 2.34. The highest BCUT2D eigenvalue weighted by atomic mass is 35.5. The van der Waals surface area contributed by atoms with E-state index in [-0.39, 0.29) is 30.5 Å². The predicted molar refractivity (Wildman–Crippen MR) is 111 cm³/mol. The lowest BCUT2D eigenvalue weighted by Gasteiger charge is -2.38. The van der Waals surface area contributed by atoms with Gasteiger partial charge in [-0.1, -0.05) is 42.5 Å². The lowest BCUT2D eigenvalue weighted by molar-refractivity contribution is -0.115. The van der Waals surface area contributed by atoms with Crippen molar-refractivity contribution < 1.29 is 14.7 Å². The second-order valence-corrected chi connectivity index (χ2v) is 7.68. The van der Waals surface area contributed by atoms with Gasteiger partial charge in [-0.3, -0.25) is 14.5 Å². The summed E-state index contributed by atoms with van der Waals surface area (Å²) in [4.78, 5) is 26.2. The van der Waals surface area contributed by atoms with Crippen LogP contribution in [0.2, 0.25) is 0 Å². The molecule has 2 aromatic carbocycles. The van der Waals surface area contributed by atoms with Crippen LogP contribution in [0.4, 0.5) is 5.69 Å². The van der Waals surface area contributed by atoms with Crippen LogP contribution in [-0.2, 0) is 17.8 Å². The van der Waals surface area contributed by atoms with Crippen molar-refractivity contribution in [2.45, 2.75) is 37.8 Å². The average molecular weight is 401 g/mol. The summed E-state index contributed by atoms with van der Waals surface area (Å²) in [6.07, 6.45) is 1.81. The number of rotatable bonds is 5. The maximum atomic E-state index is 12.4. The SMILES string of the molecule is Cl.O=C1Cc2cc(CN3CCC(O)(CC(=O)c4ccccc4)CC3)ccc2N1. The third-order valence-corrected chi connectivity index (χ3v) is 5.57. The molecule has 0 atom stereocenters. The quantitative estimate of drug-likeness (QED) is 0.756. The molecule has 0 bridgehead atoms. The standard InChI is InChI=1S/C22H24N2O3.ClH/c25-20(17-4-2-1-3-5-17)14-22(27)8-10-24(11-9-22)15-16-6-7-19-18(12-16)13-21(26)23-19;/h1-7,12,27H,8-11,13-15H2,(H,23,26);1H. The summed E-state index contributed by atoms with van der Waals surface area (Å²) in [7, 11) is 0. The van der Waals surface area contributed by atoms with Crippen LogP contribution in [0.25, 0.3) is 0 Å². The van der Waals surface area contributed by atoms with Gasteiger partial charge in [0.25, 0.3) is 0 Å². The zero-order valence-corrected chi connectivity index (χ0v) is 16.5. The van der Waals surface area contributed by atoms with Crippen molar-refractivity contribution in [3.8, 4) is 0 Å². The summed E-state index contributed by atoms with van der Waals surface area (Å²) in [6.45, 7) is 2.31. The van der Waals surface area contributed by atoms with E-state index < -0.39 is 5.60 Å². The second-order valence-electron chi connectivity index (χ2n) is 7.68. The number of carbonyl (C=O) groups is 2. The van der Waals surface area contributed by atoms with Gasteiger partial charge >= 0.3 is 0 Å². The first-order valence-electron chi connectivity index (χ1n) is 9.45. The van der Waals surface area contributed by atoms with Crippen molar-refractivity contribution in [3.05, 3.63) is 65.2 Å². The Morgan fingerprint density at radius 1 is 1.11 bits per heavy atom. The first-order chi connectivity index (χ1) is 13.0. The van der Waals surface area contributed by atoms with E-state index in [1.165, 1.54) is 5.56 Å². The Kier molecular flexibility index (Phi) is 6.18. The largest absolute Gasteiger partial charge is 0.389 e. The molecular formula is C22H25ClN2O3. The number of anilines is 1. The maximum absolute atomic E-state index is 12.4. The van der Waals surface area contributed by atoms with Gasteiger partial charge in [0.2, 0.25) is 5.91 Å². The fourth-order valence-corrected chi connectivity index (χ4v) is 3.97. The number of benzene rings is 2. The van der Waals surface area contributed by atoms with Crippen molar-refractivity contribution in [2.24, 2.45) is 0 Å². The number of piperidine rings is 1. The van der Waals surface area contributed by atoms with Gasteiger partial charge in [0.05, 0.1) is 12.0 Å². The van der Waals surface area contributed by atoms with Crippen molar-refractivity contribution in [1.29, 1.82) is 0 Å². The minimum absolute atomic E-state index is 0. The highest BCUT2D eigenvalue weighted by Crippen LogP contribution is 2.29. The van der Waals surface area contributed by atoms with Crippen LogP contribution in [0.5, 0.6) is 0 Å². The molecule has 0 saturated carbocycles. The van der Waals surface area contributed by atoms with Gasteiger partial charge in [0.1, 0.15) is 0 Å². The molecule has 1 saturated heterocycles. The third kappa shape index (κ3) is 4.61. The van der Waals surface area contributed by atoms with Crippen LogP contribution in [0.15, 0.2) is 48.5 Å². The fraction of sp³-hybridized carbons (Fsp3) is 0.364. The van der Waals surface area contributed by atoms with E-state index in [2.05, 4.69) is 16.3 Å². The number of Topliss-reactive ketones (excluding diaryl/α,β-unsaturated/α-hetero) is 1. The molecule has 6 heteroatoms. The third-order valence-electron chi connectivity index (χ3n) is 5.57. The number of hydrogen-bond acceptors (Lipinski definition) is 4. The van der Waals surface area contributed by atoms with E-state index in [9.17, 15) is 14.7 Å². The van der Waals surface area contributed by atoms with Gasteiger partial charge in [0.15, 0.2) is 5.78 Å². The molecule has 1 amide bonds. The molecule has 0 aromatic heterocycles. The number of halogens is 1. The Hall–Kier alpha value is -2.21. The number of aliphatic hydroxyl groups is 1. The number of amides is 1. The molecule has 0 spiro atoms. The Bertz CT molecular complexity index is 861. The van der Waals surface area contributed by atoms with Crippen molar-refractivity contribution in [1.82, 2.24) is 4.90 Å². The number of nitrogens with zero attached hydrogens (tertiary/aromatic N) is 1. The molecule has 2 aliphatic rings. The summed E-state index contributed by atoms with van der Waals surface area (Å²) >= 11 is 0. The maximum Gasteiger partial charge on any atom is 0.228 e. The van der Waals surface area contributed by atoms with E-state index in [0.29, 0.717) is 24.8 Å². The summed E-state index contributed by atoms with van der Waals surface area (Å²) in [5.41, 5.74) is 2.89. The van der Waals surface area contributed by atoms with E-state index in [1.807, 2.05) is 30.3 Å². The Morgan fingerprint density at radius 2 is 1.82 bits per heavy atom. The second kappa shape index (κ2) is 8.43. The molecule has 1 fully saturated rings. The van der Waals surface area contributed by atoms with Crippen LogP contribution in [0.1, 0.15) is 40.7 Å². The summed E-state index contributed by atoms with van der Waals surface area (Å²) < 4.78 is 0. The van der Waals surface area contributed by atoms with Crippen LogP contribution in [0, 0.1) is 0 Å². The van der Waals surface area contributed by atoms with Crippen LogP contribution >= 0.6 is 12.4 Å². The summed E-state index contributed by atoms with van der Waals surface area (Å²) in [5, 5.41) is 13.7. The van der Waals surface area contributed by atoms with Crippen molar-refractivity contribution >= 4 is 29.8 Å².